The van der Waals surface area contributed by atoms with Gasteiger partial charge in [0.05, 0.1) is 11.6 Å². The van der Waals surface area contributed by atoms with Gasteiger partial charge in [0.2, 0.25) is 0 Å². The van der Waals surface area contributed by atoms with E-state index >= 15 is 0 Å². The Hall–Kier alpha value is -3.20. The number of benzene rings is 1. The number of carboxylic acid groups (broad SMARTS) is 1. The van der Waals surface area contributed by atoms with Crippen molar-refractivity contribution in [3.8, 4) is 6.07 Å². The average Bonchev–Trinajstić information content (AvgIpc) is 2.67. The maximum Gasteiger partial charge on any atom is 0.379 e. The lowest BCUT2D eigenvalue weighted by atomic mass is 10.0. The van der Waals surface area contributed by atoms with Crippen molar-refractivity contribution in [2.45, 2.75) is 26.3 Å². The highest BCUT2D eigenvalue weighted by molar-refractivity contribution is 5.80. The molecule has 1 aromatic carbocycles. The zero-order valence-electron chi connectivity index (χ0n) is 15.2. The fourth-order valence-corrected chi connectivity index (χ4v) is 2.70. The van der Waals surface area contributed by atoms with Gasteiger partial charge in [-0.15, -0.1) is 0 Å². The van der Waals surface area contributed by atoms with Gasteiger partial charge in [-0.3, -0.25) is 0 Å². The second kappa shape index (κ2) is 8.00. The van der Waals surface area contributed by atoms with Crippen LogP contribution in [0, 0.1) is 18.3 Å². The summed E-state index contributed by atoms with van der Waals surface area (Å²) in [4.78, 5) is 12.7. The molecule has 140 valence electrons. The van der Waals surface area contributed by atoms with Crippen LogP contribution in [-0.4, -0.2) is 28.4 Å². The van der Waals surface area contributed by atoms with Crippen LogP contribution in [0.1, 0.15) is 23.6 Å². The van der Waals surface area contributed by atoms with E-state index in [1.807, 2.05) is 13.0 Å². The molecule has 0 amide bonds. The molecule has 1 N–H and O–H groups in total. The molecule has 4 nitrogen and oxygen atoms in total. The Bertz CT molecular complexity index is 905. The molecule has 0 saturated carbocycles. The fourth-order valence-electron chi connectivity index (χ4n) is 2.70. The molecule has 0 fully saturated rings. The molecule has 1 aromatic rings. The van der Waals surface area contributed by atoms with Crippen molar-refractivity contribution >= 4 is 5.97 Å². The monoisotopic (exact) mass is 370 g/mol. The zero-order valence-corrected chi connectivity index (χ0v) is 15.2. The molecule has 1 heterocycles. The molecule has 0 aromatic heterocycles. The number of carbonyl (C=O) groups is 1. The van der Waals surface area contributed by atoms with Gasteiger partial charge >= 0.3 is 11.9 Å². The topological polar surface area (TPSA) is 64.3 Å². The van der Waals surface area contributed by atoms with Crippen LogP contribution in [-0.2, 0) is 11.3 Å². The van der Waals surface area contributed by atoms with Crippen molar-refractivity contribution in [2.24, 2.45) is 0 Å². The van der Waals surface area contributed by atoms with Crippen molar-refractivity contribution < 1.29 is 18.7 Å². The molecule has 1 aliphatic rings. The van der Waals surface area contributed by atoms with Crippen molar-refractivity contribution in [2.75, 3.05) is 6.54 Å². The van der Waals surface area contributed by atoms with Crippen LogP contribution in [0.5, 0.6) is 0 Å². The van der Waals surface area contributed by atoms with E-state index in [-0.39, 0.29) is 6.54 Å². The summed E-state index contributed by atoms with van der Waals surface area (Å²) in [6, 6.07) is 7.51. The number of halogens is 2. The first kappa shape index (κ1) is 20.1. The Morgan fingerprint density at radius 3 is 2.70 bits per heavy atom. The maximum atomic E-state index is 14.0. The summed E-state index contributed by atoms with van der Waals surface area (Å²) in [5.41, 5.74) is 2.87. The Labute approximate surface area is 157 Å². The predicted molar refractivity (Wildman–Crippen MR) is 99.0 cm³/mol. The lowest BCUT2D eigenvalue weighted by Gasteiger charge is -2.22. The molecule has 0 bridgehead atoms. The lowest BCUT2D eigenvalue weighted by molar-refractivity contribution is -0.158. The number of aliphatic carboxylic acids is 1. The van der Waals surface area contributed by atoms with E-state index in [4.69, 9.17) is 5.11 Å². The van der Waals surface area contributed by atoms with Crippen LogP contribution in [0.15, 0.2) is 65.9 Å². The number of alkyl halides is 2. The molecule has 0 spiro atoms. The van der Waals surface area contributed by atoms with Crippen molar-refractivity contribution in [1.29, 1.82) is 5.26 Å². The first-order valence-corrected chi connectivity index (χ1v) is 8.27. The van der Waals surface area contributed by atoms with Crippen LogP contribution in [0.2, 0.25) is 0 Å². The molecule has 0 aliphatic carbocycles. The van der Waals surface area contributed by atoms with Crippen molar-refractivity contribution in [1.82, 2.24) is 4.90 Å². The van der Waals surface area contributed by atoms with Crippen molar-refractivity contribution in [3.63, 3.8) is 0 Å². The third-order valence-electron chi connectivity index (χ3n) is 4.42. The first-order valence-electron chi connectivity index (χ1n) is 8.27. The highest BCUT2D eigenvalue weighted by Gasteiger charge is 2.42. The quantitative estimate of drug-likeness (QED) is 0.856. The normalized spacial score (nSPS) is 18.3. The minimum atomic E-state index is -4.00. The fraction of sp³-hybridized carbons (Fsp3) is 0.238. The van der Waals surface area contributed by atoms with Gasteiger partial charge in [-0.05, 0) is 42.2 Å². The Morgan fingerprint density at radius 1 is 1.37 bits per heavy atom. The third kappa shape index (κ3) is 4.50. The van der Waals surface area contributed by atoms with E-state index < -0.39 is 17.5 Å². The van der Waals surface area contributed by atoms with Gasteiger partial charge in [-0.1, -0.05) is 36.9 Å². The molecule has 6 heteroatoms. The first-order chi connectivity index (χ1) is 12.7. The molecule has 0 atom stereocenters. The lowest BCUT2D eigenvalue weighted by Crippen LogP contribution is -2.30. The second-order valence-electron chi connectivity index (χ2n) is 6.35. The van der Waals surface area contributed by atoms with Gasteiger partial charge in [-0.25, -0.2) is 4.79 Å². The number of hydrogen-bond donors (Lipinski definition) is 1. The zero-order chi connectivity index (χ0) is 20.2. The van der Waals surface area contributed by atoms with Crippen LogP contribution in [0.3, 0.4) is 0 Å². The summed E-state index contributed by atoms with van der Waals surface area (Å²) in [5, 5.41) is 18.2. The molecular weight excluding hydrogens is 350 g/mol. The molecule has 0 saturated heterocycles. The van der Waals surface area contributed by atoms with Crippen molar-refractivity contribution in [3.05, 3.63) is 82.6 Å². The smallest absolute Gasteiger partial charge is 0.379 e. The number of rotatable bonds is 4. The molecule has 1 aliphatic heterocycles. The van der Waals surface area contributed by atoms with E-state index in [1.54, 1.807) is 30.2 Å². The van der Waals surface area contributed by atoms with Crippen LogP contribution < -0.4 is 0 Å². The van der Waals surface area contributed by atoms with Gasteiger partial charge in [0.15, 0.2) is 0 Å². The largest absolute Gasteiger partial charge is 0.477 e. The summed E-state index contributed by atoms with van der Waals surface area (Å²) in [6.45, 7) is 7.90. The number of nitrogens with zero attached hydrogens (tertiary/aromatic N) is 2. The summed E-state index contributed by atoms with van der Waals surface area (Å²) in [7, 11) is 0. The minimum Gasteiger partial charge on any atom is -0.477 e. The number of nitriles is 1. The summed E-state index contributed by atoms with van der Waals surface area (Å²) < 4.78 is 28.0. The summed E-state index contributed by atoms with van der Waals surface area (Å²) >= 11 is 0. The highest BCUT2D eigenvalue weighted by Crippen LogP contribution is 2.28. The molecule has 27 heavy (non-hydrogen) atoms. The number of carboxylic acids is 1. The van der Waals surface area contributed by atoms with Crippen LogP contribution in [0.4, 0.5) is 8.78 Å². The summed E-state index contributed by atoms with van der Waals surface area (Å²) in [6.07, 6.45) is 5.44. The standard InChI is InChI=1S/C21H20F2N2O2/c1-14-7-8-18(21(22,23)20(26)27)9-10-25(12-16(14)3)13-19-15(2)5-4-6-17(19)11-24/h4-9,12H,1,10,13H2,2-3H3,(H,26,27)/b8-7-,16-12?,18-9+. The number of aryl methyl sites for hydroxylation is 1. The molecule has 0 unspecified atom stereocenters. The SMILES string of the molecule is C=C1/C=C\C(C(F)(F)C(=O)O)=C/CN(Cc2c(C)cccc2C#N)C=C1C. The summed E-state index contributed by atoms with van der Waals surface area (Å²) in [5.74, 6) is -6.20. The van der Waals surface area contributed by atoms with Crippen LogP contribution >= 0.6 is 0 Å². The van der Waals surface area contributed by atoms with E-state index in [1.165, 1.54) is 12.2 Å². The van der Waals surface area contributed by atoms with Crippen LogP contribution in [0.25, 0.3) is 0 Å². The van der Waals surface area contributed by atoms with E-state index in [2.05, 4.69) is 12.6 Å². The number of hydrogen-bond acceptors (Lipinski definition) is 3. The Kier molecular flexibility index (Phi) is 5.96. The van der Waals surface area contributed by atoms with E-state index in [0.29, 0.717) is 17.7 Å². The van der Waals surface area contributed by atoms with Gasteiger partial charge in [0.25, 0.3) is 0 Å². The maximum absolute atomic E-state index is 14.0. The Morgan fingerprint density at radius 2 is 2.07 bits per heavy atom. The average molecular weight is 370 g/mol. The highest BCUT2D eigenvalue weighted by atomic mass is 19.3. The van der Waals surface area contributed by atoms with Gasteiger partial charge < -0.3 is 10.0 Å². The minimum absolute atomic E-state index is 0.0619. The second-order valence-corrected chi connectivity index (χ2v) is 6.35. The van der Waals surface area contributed by atoms with E-state index in [9.17, 15) is 18.8 Å². The van der Waals surface area contributed by atoms with E-state index in [0.717, 1.165) is 22.8 Å². The molecule has 0 radical (unpaired) electrons. The molecular formula is C21H20F2N2O2. The van der Waals surface area contributed by atoms with Gasteiger partial charge in [0.1, 0.15) is 0 Å². The Balaban J connectivity index is 2.45. The van der Waals surface area contributed by atoms with Gasteiger partial charge in [-0.2, -0.15) is 14.0 Å². The third-order valence-corrected chi connectivity index (χ3v) is 4.42. The van der Waals surface area contributed by atoms with Gasteiger partial charge in [0, 0.05) is 24.9 Å². The number of allylic oxidation sites excluding steroid dienone is 4. The predicted octanol–water partition coefficient (Wildman–Crippen LogP) is 4.34. The molecule has 2 rings (SSSR count).